The standard InChI is InChI=1S/C14H14FN5O3S/c1-16-11(21)6-24-14-12(19-23-20-14)13(18-22)17-10-4-7-2-3-8(15)5-9(7)10/h2-3,5,10,22H,4,6H2,1H3,(H,16,21)(H,17,18). The Kier molecular flexibility index (Phi) is 4.76. The van der Waals surface area contributed by atoms with Gasteiger partial charge in [0.25, 0.3) is 0 Å². The number of aromatic nitrogens is 2. The number of aliphatic imine (C=N–C) groups is 1. The van der Waals surface area contributed by atoms with Crippen LogP contribution in [0.5, 0.6) is 0 Å². The van der Waals surface area contributed by atoms with Crippen molar-refractivity contribution in [3.8, 4) is 0 Å². The summed E-state index contributed by atoms with van der Waals surface area (Å²) in [5.41, 5.74) is 3.93. The molecule has 0 saturated carbocycles. The molecule has 1 atom stereocenters. The van der Waals surface area contributed by atoms with Crippen molar-refractivity contribution in [2.45, 2.75) is 17.5 Å². The van der Waals surface area contributed by atoms with Crippen LogP contribution in [0.25, 0.3) is 0 Å². The number of carbonyl (C=O) groups excluding carboxylic acids is 1. The summed E-state index contributed by atoms with van der Waals surface area (Å²) in [6.45, 7) is 0. The van der Waals surface area contributed by atoms with Gasteiger partial charge in [-0.1, -0.05) is 17.8 Å². The number of nitrogens with zero attached hydrogens (tertiary/aromatic N) is 3. The third kappa shape index (κ3) is 3.24. The molecule has 3 rings (SSSR count). The van der Waals surface area contributed by atoms with E-state index in [4.69, 9.17) is 0 Å². The molecule has 1 aliphatic rings. The fraction of sp³-hybridized carbons (Fsp3) is 0.286. The lowest BCUT2D eigenvalue weighted by Gasteiger charge is -2.27. The minimum absolute atomic E-state index is 0.0515. The van der Waals surface area contributed by atoms with Gasteiger partial charge in [0.05, 0.1) is 11.8 Å². The second-order valence-corrected chi connectivity index (χ2v) is 6.00. The molecule has 0 radical (unpaired) electrons. The van der Waals surface area contributed by atoms with Crippen LogP contribution in [0, 0.1) is 5.82 Å². The van der Waals surface area contributed by atoms with E-state index in [2.05, 4.69) is 25.3 Å². The number of fused-ring (bicyclic) bond motifs is 1. The molecule has 0 bridgehead atoms. The fourth-order valence-electron chi connectivity index (χ4n) is 2.29. The van der Waals surface area contributed by atoms with Crippen LogP contribution in [-0.2, 0) is 11.2 Å². The van der Waals surface area contributed by atoms with Crippen LogP contribution in [0.1, 0.15) is 22.9 Å². The van der Waals surface area contributed by atoms with E-state index in [1.807, 2.05) is 5.48 Å². The number of amides is 1. The van der Waals surface area contributed by atoms with Crippen molar-refractivity contribution in [3.63, 3.8) is 0 Å². The summed E-state index contributed by atoms with van der Waals surface area (Å²) < 4.78 is 18.0. The maximum Gasteiger partial charge on any atom is 0.230 e. The molecule has 0 saturated heterocycles. The van der Waals surface area contributed by atoms with Crippen molar-refractivity contribution in [2.24, 2.45) is 4.99 Å². The van der Waals surface area contributed by atoms with Gasteiger partial charge in [-0.15, -0.1) is 0 Å². The number of carbonyl (C=O) groups is 1. The van der Waals surface area contributed by atoms with Gasteiger partial charge in [-0.2, -0.15) is 0 Å². The summed E-state index contributed by atoms with van der Waals surface area (Å²) in [5, 5.41) is 19.6. The molecule has 2 aromatic rings. The summed E-state index contributed by atoms with van der Waals surface area (Å²) >= 11 is 1.10. The van der Waals surface area contributed by atoms with E-state index < -0.39 is 0 Å². The molecule has 1 aromatic carbocycles. The first-order valence-electron chi connectivity index (χ1n) is 7.05. The smallest absolute Gasteiger partial charge is 0.230 e. The monoisotopic (exact) mass is 351 g/mol. The average Bonchev–Trinajstić information content (AvgIpc) is 3.04. The molecular formula is C14H14FN5O3S. The quantitative estimate of drug-likeness (QED) is 0.320. The Labute approximate surface area is 140 Å². The maximum absolute atomic E-state index is 13.3. The molecule has 0 spiro atoms. The van der Waals surface area contributed by atoms with Crippen molar-refractivity contribution in [2.75, 3.05) is 12.8 Å². The van der Waals surface area contributed by atoms with Crippen molar-refractivity contribution < 1.29 is 19.0 Å². The average molecular weight is 351 g/mol. The van der Waals surface area contributed by atoms with Gasteiger partial charge in [0.2, 0.25) is 5.91 Å². The molecule has 1 amide bonds. The Balaban J connectivity index is 1.80. The van der Waals surface area contributed by atoms with Crippen LogP contribution in [0.15, 0.2) is 32.8 Å². The number of hydroxylamine groups is 1. The molecule has 10 heteroatoms. The highest BCUT2D eigenvalue weighted by molar-refractivity contribution is 8.00. The Morgan fingerprint density at radius 2 is 2.38 bits per heavy atom. The minimum Gasteiger partial charge on any atom is -0.358 e. The molecule has 3 N–H and O–H groups in total. The molecule has 24 heavy (non-hydrogen) atoms. The van der Waals surface area contributed by atoms with Gasteiger partial charge in [-0.3, -0.25) is 20.5 Å². The second-order valence-electron chi connectivity index (χ2n) is 5.03. The molecule has 8 nitrogen and oxygen atoms in total. The number of amidine groups is 1. The first kappa shape index (κ1) is 16.4. The lowest BCUT2D eigenvalue weighted by atomic mass is 9.83. The van der Waals surface area contributed by atoms with E-state index in [1.54, 1.807) is 6.07 Å². The SMILES string of the molecule is CNC(=O)CSc1nonc1C(=NC1Cc2ccc(F)cc21)NO. The highest BCUT2D eigenvalue weighted by Gasteiger charge is 2.28. The van der Waals surface area contributed by atoms with E-state index in [0.29, 0.717) is 11.4 Å². The largest absolute Gasteiger partial charge is 0.358 e. The zero-order valence-corrected chi connectivity index (χ0v) is 13.4. The zero-order chi connectivity index (χ0) is 17.1. The van der Waals surface area contributed by atoms with Crippen molar-refractivity contribution in [1.82, 2.24) is 21.1 Å². The summed E-state index contributed by atoms with van der Waals surface area (Å²) in [5.74, 6) is -0.353. The van der Waals surface area contributed by atoms with Crippen LogP contribution in [0.4, 0.5) is 4.39 Å². The highest BCUT2D eigenvalue weighted by atomic mass is 32.2. The summed E-state index contributed by atoms with van der Waals surface area (Å²) in [6, 6.07) is 4.24. The van der Waals surface area contributed by atoms with Crippen LogP contribution < -0.4 is 10.8 Å². The van der Waals surface area contributed by atoms with Crippen LogP contribution >= 0.6 is 11.8 Å². The normalized spacial score (nSPS) is 16.3. The summed E-state index contributed by atoms with van der Waals surface area (Å²) in [7, 11) is 1.53. The topological polar surface area (TPSA) is 113 Å². The molecule has 0 aliphatic heterocycles. The van der Waals surface area contributed by atoms with E-state index in [-0.39, 0.29) is 35.0 Å². The van der Waals surface area contributed by atoms with E-state index in [9.17, 15) is 14.4 Å². The Morgan fingerprint density at radius 3 is 3.12 bits per heavy atom. The summed E-state index contributed by atoms with van der Waals surface area (Å²) in [6.07, 6.45) is 0.632. The number of nitrogens with one attached hydrogen (secondary N) is 2. The van der Waals surface area contributed by atoms with Gasteiger partial charge in [-0.05, 0) is 40.0 Å². The van der Waals surface area contributed by atoms with Crippen molar-refractivity contribution in [1.29, 1.82) is 0 Å². The number of halogens is 1. The molecule has 1 aliphatic carbocycles. The first-order valence-corrected chi connectivity index (χ1v) is 8.03. The van der Waals surface area contributed by atoms with Crippen LogP contribution in [0.2, 0.25) is 0 Å². The predicted molar refractivity (Wildman–Crippen MR) is 83.4 cm³/mol. The lowest BCUT2D eigenvalue weighted by Crippen LogP contribution is -2.26. The fourth-order valence-corrected chi connectivity index (χ4v) is 3.06. The third-order valence-electron chi connectivity index (χ3n) is 3.57. The van der Waals surface area contributed by atoms with E-state index in [0.717, 1.165) is 22.9 Å². The molecule has 1 heterocycles. The van der Waals surface area contributed by atoms with Crippen molar-refractivity contribution in [3.05, 3.63) is 40.8 Å². The van der Waals surface area contributed by atoms with Crippen LogP contribution in [-0.4, -0.2) is 40.1 Å². The van der Waals surface area contributed by atoms with Gasteiger partial charge in [0, 0.05) is 7.05 Å². The molecule has 0 fully saturated rings. The molecule has 1 unspecified atom stereocenters. The summed E-state index contributed by atoms with van der Waals surface area (Å²) in [4.78, 5) is 15.7. The maximum atomic E-state index is 13.3. The highest BCUT2D eigenvalue weighted by Crippen LogP contribution is 2.37. The minimum atomic E-state index is -0.336. The Morgan fingerprint density at radius 1 is 1.54 bits per heavy atom. The van der Waals surface area contributed by atoms with E-state index in [1.165, 1.54) is 19.2 Å². The second kappa shape index (κ2) is 6.97. The van der Waals surface area contributed by atoms with Crippen molar-refractivity contribution >= 4 is 23.5 Å². The zero-order valence-electron chi connectivity index (χ0n) is 12.6. The lowest BCUT2D eigenvalue weighted by molar-refractivity contribution is -0.118. The van der Waals surface area contributed by atoms with Crippen LogP contribution in [0.3, 0.4) is 0 Å². The molecule has 126 valence electrons. The van der Waals surface area contributed by atoms with Gasteiger partial charge in [0.15, 0.2) is 16.6 Å². The molecule has 1 aromatic heterocycles. The van der Waals surface area contributed by atoms with Gasteiger partial charge in [0.1, 0.15) is 5.82 Å². The van der Waals surface area contributed by atoms with Gasteiger partial charge < -0.3 is 5.32 Å². The Hall–Kier alpha value is -2.46. The number of thioether (sulfide) groups is 1. The predicted octanol–water partition coefficient (Wildman–Crippen LogP) is 1.07. The van der Waals surface area contributed by atoms with E-state index >= 15 is 0 Å². The number of benzene rings is 1. The van der Waals surface area contributed by atoms with Gasteiger partial charge in [-0.25, -0.2) is 9.02 Å². The number of hydrogen-bond acceptors (Lipinski definition) is 7. The number of rotatable bonds is 5. The third-order valence-corrected chi connectivity index (χ3v) is 4.52. The first-order chi connectivity index (χ1) is 11.6. The Bertz CT molecular complexity index is 794. The van der Waals surface area contributed by atoms with Gasteiger partial charge >= 0.3 is 0 Å². The number of hydrogen-bond donors (Lipinski definition) is 3. The molecular weight excluding hydrogens is 337 g/mol.